The first-order valence-electron chi connectivity index (χ1n) is 4.83. The Morgan fingerprint density at radius 1 is 1.50 bits per heavy atom. The number of hydrogen-bond acceptors (Lipinski definition) is 4. The van der Waals surface area contributed by atoms with Gasteiger partial charge in [-0.05, 0) is 43.6 Å². The summed E-state index contributed by atoms with van der Waals surface area (Å²) in [6.45, 7) is 1.91. The predicted octanol–water partition coefficient (Wildman–Crippen LogP) is 3.70. The molecule has 0 saturated carbocycles. The van der Waals surface area contributed by atoms with Gasteiger partial charge in [0.05, 0.1) is 7.11 Å². The molecule has 0 fully saturated rings. The topological polar surface area (TPSA) is 21.3 Å². The summed E-state index contributed by atoms with van der Waals surface area (Å²) in [5, 5.41) is 3.70. The van der Waals surface area contributed by atoms with E-state index in [1.54, 1.807) is 18.9 Å². The van der Waals surface area contributed by atoms with Gasteiger partial charge in [-0.2, -0.15) is 0 Å². The predicted molar refractivity (Wildman–Crippen MR) is 75.2 cm³/mol. The van der Waals surface area contributed by atoms with Gasteiger partial charge in [0.25, 0.3) is 0 Å². The van der Waals surface area contributed by atoms with E-state index in [0.29, 0.717) is 5.05 Å². The van der Waals surface area contributed by atoms with Crippen molar-refractivity contribution in [3.8, 4) is 0 Å². The smallest absolute Gasteiger partial charge is 0.187 e. The minimum absolute atomic E-state index is 0.508. The molecule has 0 aromatic heterocycles. The van der Waals surface area contributed by atoms with Gasteiger partial charge in [-0.3, -0.25) is 0 Å². The van der Waals surface area contributed by atoms with E-state index in [-0.39, 0.29) is 0 Å². The van der Waals surface area contributed by atoms with Crippen molar-refractivity contribution in [2.24, 2.45) is 0 Å². The summed E-state index contributed by atoms with van der Waals surface area (Å²) in [4.78, 5) is 1.23. The maximum atomic E-state index is 5.01. The number of thiocarbonyl (C=S) groups is 1. The van der Waals surface area contributed by atoms with Gasteiger partial charge in [-0.1, -0.05) is 6.07 Å². The quantitative estimate of drug-likeness (QED) is 0.501. The van der Waals surface area contributed by atoms with Crippen LogP contribution in [0.15, 0.2) is 40.9 Å². The number of thioether (sulfide) groups is 1. The maximum absolute atomic E-state index is 5.01. The summed E-state index contributed by atoms with van der Waals surface area (Å²) in [6.07, 6.45) is 3.91. The molecule has 1 rings (SSSR count). The maximum Gasteiger partial charge on any atom is 0.187 e. The van der Waals surface area contributed by atoms with Crippen LogP contribution in [0.3, 0.4) is 0 Å². The van der Waals surface area contributed by atoms with Crippen molar-refractivity contribution in [3.63, 3.8) is 0 Å². The molecule has 0 radical (unpaired) electrons. The average Bonchev–Trinajstić information content (AvgIpc) is 2.35. The fourth-order valence-corrected chi connectivity index (χ4v) is 1.64. The van der Waals surface area contributed by atoms with E-state index in [0.717, 1.165) is 11.3 Å². The molecular formula is C12H15NOS2. The fourth-order valence-electron chi connectivity index (χ4n) is 1.12. The van der Waals surface area contributed by atoms with Crippen molar-refractivity contribution >= 4 is 34.7 Å². The number of nitrogens with one attached hydrogen (secondary N) is 1. The Labute approximate surface area is 106 Å². The molecule has 0 atom stereocenters. The number of anilines is 1. The number of rotatable bonds is 4. The summed E-state index contributed by atoms with van der Waals surface area (Å²) >= 11 is 6.72. The fraction of sp³-hybridized carbons (Fsp3) is 0.250. The molecule has 2 nitrogen and oxygen atoms in total. The SMILES string of the molecule is COC(=S)C(C)=CNc1cccc(SC)c1. The monoisotopic (exact) mass is 253 g/mol. The molecule has 0 bridgehead atoms. The Balaban J connectivity index is 2.70. The van der Waals surface area contributed by atoms with Gasteiger partial charge in [0.2, 0.25) is 0 Å². The van der Waals surface area contributed by atoms with Crippen molar-refractivity contribution < 1.29 is 4.74 Å². The molecule has 0 heterocycles. The highest BCUT2D eigenvalue weighted by Crippen LogP contribution is 2.19. The molecule has 86 valence electrons. The highest BCUT2D eigenvalue weighted by Gasteiger charge is 1.97. The Morgan fingerprint density at radius 2 is 2.25 bits per heavy atom. The van der Waals surface area contributed by atoms with Crippen LogP contribution in [0.25, 0.3) is 0 Å². The van der Waals surface area contributed by atoms with E-state index in [1.165, 1.54) is 4.90 Å². The largest absolute Gasteiger partial charge is 0.486 e. The van der Waals surface area contributed by atoms with Gasteiger partial charge in [-0.25, -0.2) is 0 Å². The zero-order chi connectivity index (χ0) is 12.0. The highest BCUT2D eigenvalue weighted by molar-refractivity contribution is 7.98. The summed E-state index contributed by atoms with van der Waals surface area (Å²) in [5.41, 5.74) is 1.96. The lowest BCUT2D eigenvalue weighted by Gasteiger charge is -2.05. The first-order valence-corrected chi connectivity index (χ1v) is 6.46. The Hall–Kier alpha value is -1.00. The second-order valence-corrected chi connectivity index (χ2v) is 4.45. The molecule has 0 aliphatic carbocycles. The standard InChI is InChI=1S/C12H15NOS2/c1-9(12(15)14-2)8-13-10-5-4-6-11(7-10)16-3/h4-8,13H,1-3H3. The Kier molecular flexibility index (Phi) is 5.35. The lowest BCUT2D eigenvalue weighted by Crippen LogP contribution is -2.01. The number of methoxy groups -OCH3 is 1. The van der Waals surface area contributed by atoms with E-state index >= 15 is 0 Å². The van der Waals surface area contributed by atoms with E-state index in [1.807, 2.05) is 25.3 Å². The van der Waals surface area contributed by atoms with Crippen LogP contribution in [0.4, 0.5) is 5.69 Å². The zero-order valence-corrected chi connectivity index (χ0v) is 11.2. The van der Waals surface area contributed by atoms with Crippen molar-refractivity contribution in [2.45, 2.75) is 11.8 Å². The minimum Gasteiger partial charge on any atom is -0.486 e. The second-order valence-electron chi connectivity index (χ2n) is 3.20. The first-order chi connectivity index (χ1) is 7.67. The van der Waals surface area contributed by atoms with Crippen LogP contribution in [-0.4, -0.2) is 18.4 Å². The van der Waals surface area contributed by atoms with Crippen LogP contribution in [0, 0.1) is 0 Å². The summed E-state index contributed by atoms with van der Waals surface area (Å²) in [5.74, 6) is 0. The summed E-state index contributed by atoms with van der Waals surface area (Å²) < 4.78 is 4.96. The van der Waals surface area contributed by atoms with Gasteiger partial charge < -0.3 is 10.1 Å². The Morgan fingerprint density at radius 3 is 2.88 bits per heavy atom. The highest BCUT2D eigenvalue weighted by atomic mass is 32.2. The van der Waals surface area contributed by atoms with Crippen LogP contribution in [0.5, 0.6) is 0 Å². The molecule has 0 aliphatic rings. The van der Waals surface area contributed by atoms with Crippen LogP contribution < -0.4 is 5.32 Å². The summed E-state index contributed by atoms with van der Waals surface area (Å²) in [6, 6.07) is 8.20. The van der Waals surface area contributed by atoms with E-state index < -0.39 is 0 Å². The number of ether oxygens (including phenoxy) is 1. The van der Waals surface area contributed by atoms with Gasteiger partial charge in [0, 0.05) is 22.4 Å². The normalized spacial score (nSPS) is 11.1. The average molecular weight is 253 g/mol. The van der Waals surface area contributed by atoms with Crippen LogP contribution in [-0.2, 0) is 4.74 Å². The Bertz CT molecular complexity index is 402. The third kappa shape index (κ3) is 3.87. The lowest BCUT2D eigenvalue weighted by molar-refractivity contribution is 0.414. The molecule has 16 heavy (non-hydrogen) atoms. The third-order valence-corrected chi connectivity index (χ3v) is 3.25. The molecule has 0 unspecified atom stereocenters. The molecule has 0 spiro atoms. The van der Waals surface area contributed by atoms with E-state index in [4.69, 9.17) is 17.0 Å². The van der Waals surface area contributed by atoms with Gasteiger partial charge in [0.1, 0.15) is 0 Å². The zero-order valence-electron chi connectivity index (χ0n) is 9.61. The second kappa shape index (κ2) is 6.55. The molecule has 0 amide bonds. The lowest BCUT2D eigenvalue weighted by atomic mass is 10.3. The molecule has 0 aliphatic heterocycles. The third-order valence-electron chi connectivity index (χ3n) is 2.03. The van der Waals surface area contributed by atoms with Gasteiger partial charge in [-0.15, -0.1) is 11.8 Å². The van der Waals surface area contributed by atoms with Gasteiger partial charge in [0.15, 0.2) is 5.05 Å². The molecule has 0 saturated heterocycles. The molecule has 1 N–H and O–H groups in total. The van der Waals surface area contributed by atoms with Gasteiger partial charge >= 0.3 is 0 Å². The van der Waals surface area contributed by atoms with Crippen molar-refractivity contribution in [3.05, 3.63) is 36.0 Å². The van der Waals surface area contributed by atoms with Crippen LogP contribution >= 0.6 is 24.0 Å². The number of hydrogen-bond donors (Lipinski definition) is 1. The minimum atomic E-state index is 0.508. The van der Waals surface area contributed by atoms with Crippen molar-refractivity contribution in [1.29, 1.82) is 0 Å². The summed E-state index contributed by atoms with van der Waals surface area (Å²) in [7, 11) is 1.58. The van der Waals surface area contributed by atoms with Crippen LogP contribution in [0.2, 0.25) is 0 Å². The number of benzene rings is 1. The first kappa shape index (κ1) is 13.1. The molecular weight excluding hydrogens is 238 g/mol. The molecule has 1 aromatic rings. The van der Waals surface area contributed by atoms with E-state index in [2.05, 4.69) is 23.7 Å². The van der Waals surface area contributed by atoms with Crippen LogP contribution in [0.1, 0.15) is 6.92 Å². The van der Waals surface area contributed by atoms with Crippen molar-refractivity contribution in [1.82, 2.24) is 0 Å². The molecule has 1 aromatic carbocycles. The van der Waals surface area contributed by atoms with E-state index in [9.17, 15) is 0 Å². The van der Waals surface area contributed by atoms with Crippen molar-refractivity contribution in [2.75, 3.05) is 18.7 Å². The molecule has 4 heteroatoms.